The number of nitrogens with zero attached hydrogens (tertiary/aromatic N) is 2. The van der Waals surface area contributed by atoms with E-state index in [1.165, 1.54) is 6.07 Å². The molecular formula is C13H18N2O3Si. The van der Waals surface area contributed by atoms with Gasteiger partial charge in [-0.15, -0.1) is 5.54 Å². The standard InChI is InChI=1S/C13H18N2O3Si/c1-10(2)18-13-12(15(16)17)7-6-11(14-13)8-9-19(3,4)5/h6-7,10H,1-5H3. The number of rotatable bonds is 3. The fraction of sp³-hybridized carbons (Fsp3) is 0.462. The molecule has 19 heavy (non-hydrogen) atoms. The molecule has 102 valence electrons. The lowest BCUT2D eigenvalue weighted by atomic mass is 10.3. The normalized spacial score (nSPS) is 10.8. The van der Waals surface area contributed by atoms with Crippen molar-refractivity contribution in [2.45, 2.75) is 39.6 Å². The van der Waals surface area contributed by atoms with Crippen molar-refractivity contribution in [3.63, 3.8) is 0 Å². The maximum atomic E-state index is 10.9. The Labute approximate surface area is 114 Å². The van der Waals surface area contributed by atoms with E-state index in [0.717, 1.165) is 0 Å². The lowest BCUT2D eigenvalue weighted by molar-refractivity contribution is -0.386. The van der Waals surface area contributed by atoms with Crippen LogP contribution in [0.5, 0.6) is 5.88 Å². The van der Waals surface area contributed by atoms with Crippen molar-refractivity contribution >= 4 is 13.8 Å². The predicted molar refractivity (Wildman–Crippen MR) is 76.9 cm³/mol. The molecule has 0 aliphatic carbocycles. The molecule has 0 spiro atoms. The van der Waals surface area contributed by atoms with E-state index < -0.39 is 13.0 Å². The molecule has 0 aliphatic heterocycles. The van der Waals surface area contributed by atoms with Crippen LogP contribution in [0.15, 0.2) is 12.1 Å². The molecule has 1 heterocycles. The van der Waals surface area contributed by atoms with Crippen LogP contribution in [0.25, 0.3) is 0 Å². The number of hydrogen-bond acceptors (Lipinski definition) is 4. The van der Waals surface area contributed by atoms with E-state index in [9.17, 15) is 10.1 Å². The van der Waals surface area contributed by atoms with Crippen molar-refractivity contribution in [2.24, 2.45) is 0 Å². The Balaban J connectivity index is 3.17. The van der Waals surface area contributed by atoms with Gasteiger partial charge in [0.1, 0.15) is 13.8 Å². The highest BCUT2D eigenvalue weighted by Crippen LogP contribution is 2.25. The van der Waals surface area contributed by atoms with Gasteiger partial charge in [-0.1, -0.05) is 25.6 Å². The third-order valence-corrected chi connectivity index (χ3v) is 2.82. The van der Waals surface area contributed by atoms with Gasteiger partial charge in [-0.3, -0.25) is 10.1 Å². The van der Waals surface area contributed by atoms with E-state index in [1.54, 1.807) is 19.9 Å². The number of hydrogen-bond donors (Lipinski definition) is 0. The Morgan fingerprint density at radius 1 is 1.37 bits per heavy atom. The van der Waals surface area contributed by atoms with Crippen LogP contribution in [0.2, 0.25) is 19.6 Å². The Morgan fingerprint density at radius 3 is 2.47 bits per heavy atom. The van der Waals surface area contributed by atoms with Crippen LogP contribution in [0.1, 0.15) is 19.5 Å². The predicted octanol–water partition coefficient (Wildman–Crippen LogP) is 3.01. The second kappa shape index (κ2) is 5.84. The van der Waals surface area contributed by atoms with Crippen LogP contribution < -0.4 is 4.74 Å². The Morgan fingerprint density at radius 2 is 2.00 bits per heavy atom. The number of aromatic nitrogens is 1. The second-order valence-electron chi connectivity index (χ2n) is 5.44. The van der Waals surface area contributed by atoms with E-state index in [1.807, 2.05) is 0 Å². The SMILES string of the molecule is CC(C)Oc1nc(C#C[Si](C)(C)C)ccc1[N+](=O)[O-]. The van der Waals surface area contributed by atoms with Gasteiger partial charge in [0, 0.05) is 6.07 Å². The maximum Gasteiger partial charge on any atom is 0.331 e. The fourth-order valence-corrected chi connectivity index (χ4v) is 1.71. The van der Waals surface area contributed by atoms with Gasteiger partial charge in [0.25, 0.3) is 5.88 Å². The summed E-state index contributed by atoms with van der Waals surface area (Å²) in [6.07, 6.45) is -0.175. The van der Waals surface area contributed by atoms with Crippen LogP contribution in [-0.2, 0) is 0 Å². The number of pyridine rings is 1. The van der Waals surface area contributed by atoms with E-state index in [0.29, 0.717) is 5.69 Å². The van der Waals surface area contributed by atoms with Crippen molar-refractivity contribution in [1.29, 1.82) is 0 Å². The minimum atomic E-state index is -1.50. The molecule has 0 radical (unpaired) electrons. The van der Waals surface area contributed by atoms with E-state index in [2.05, 4.69) is 36.1 Å². The van der Waals surface area contributed by atoms with E-state index in [-0.39, 0.29) is 17.7 Å². The zero-order chi connectivity index (χ0) is 14.6. The van der Waals surface area contributed by atoms with Gasteiger partial charge < -0.3 is 4.74 Å². The van der Waals surface area contributed by atoms with Crippen molar-refractivity contribution in [3.05, 3.63) is 27.9 Å². The van der Waals surface area contributed by atoms with Crippen molar-refractivity contribution in [3.8, 4) is 17.3 Å². The van der Waals surface area contributed by atoms with E-state index in [4.69, 9.17) is 4.74 Å². The molecule has 1 rings (SSSR count). The summed E-state index contributed by atoms with van der Waals surface area (Å²) in [7, 11) is -1.50. The fourth-order valence-electron chi connectivity index (χ4n) is 1.20. The second-order valence-corrected chi connectivity index (χ2v) is 10.2. The molecule has 0 amide bonds. The molecule has 1 aromatic rings. The van der Waals surface area contributed by atoms with Gasteiger partial charge >= 0.3 is 5.69 Å². The van der Waals surface area contributed by atoms with Gasteiger partial charge in [-0.05, 0) is 19.9 Å². The van der Waals surface area contributed by atoms with Crippen LogP contribution in [0.3, 0.4) is 0 Å². The van der Waals surface area contributed by atoms with Crippen molar-refractivity contribution in [2.75, 3.05) is 0 Å². The summed E-state index contributed by atoms with van der Waals surface area (Å²) in [6, 6.07) is 2.94. The van der Waals surface area contributed by atoms with Gasteiger partial charge in [0.05, 0.1) is 11.0 Å². The molecular weight excluding hydrogens is 260 g/mol. The quantitative estimate of drug-likeness (QED) is 0.369. The molecule has 0 aliphatic rings. The molecule has 0 bridgehead atoms. The maximum absolute atomic E-state index is 10.9. The summed E-state index contributed by atoms with van der Waals surface area (Å²) >= 11 is 0. The van der Waals surface area contributed by atoms with Crippen molar-refractivity contribution in [1.82, 2.24) is 4.98 Å². The van der Waals surface area contributed by atoms with Gasteiger partial charge in [-0.25, -0.2) is 0 Å². The van der Waals surface area contributed by atoms with Crippen LogP contribution in [0.4, 0.5) is 5.69 Å². The number of ether oxygens (including phenoxy) is 1. The largest absolute Gasteiger partial charge is 0.470 e. The van der Waals surface area contributed by atoms with Crippen LogP contribution in [-0.4, -0.2) is 24.1 Å². The third-order valence-electron chi connectivity index (χ3n) is 1.95. The first-order valence-electron chi connectivity index (χ1n) is 6.04. The molecule has 0 saturated heterocycles. The highest BCUT2D eigenvalue weighted by Gasteiger charge is 2.18. The molecule has 0 N–H and O–H groups in total. The Kier molecular flexibility index (Phi) is 4.67. The number of nitro groups is 1. The molecule has 6 heteroatoms. The summed E-state index contributed by atoms with van der Waals surface area (Å²) in [5, 5.41) is 10.9. The topological polar surface area (TPSA) is 65.3 Å². The smallest absolute Gasteiger partial charge is 0.331 e. The molecule has 1 aromatic heterocycles. The first-order chi connectivity index (χ1) is 8.69. The van der Waals surface area contributed by atoms with Crippen LogP contribution >= 0.6 is 0 Å². The first-order valence-corrected chi connectivity index (χ1v) is 9.54. The minimum absolute atomic E-state index is 0.0300. The summed E-state index contributed by atoms with van der Waals surface area (Å²) < 4.78 is 5.37. The third kappa shape index (κ3) is 5.10. The average Bonchev–Trinajstić information content (AvgIpc) is 2.24. The summed E-state index contributed by atoms with van der Waals surface area (Å²) in [4.78, 5) is 14.5. The monoisotopic (exact) mass is 278 g/mol. The summed E-state index contributed by atoms with van der Waals surface area (Å²) in [5.74, 6) is 2.99. The average molecular weight is 278 g/mol. The summed E-state index contributed by atoms with van der Waals surface area (Å²) in [5.41, 5.74) is 3.54. The molecule has 0 fully saturated rings. The first kappa shape index (κ1) is 15.2. The zero-order valence-corrected chi connectivity index (χ0v) is 12.9. The van der Waals surface area contributed by atoms with Gasteiger partial charge in [0.2, 0.25) is 0 Å². The highest BCUT2D eigenvalue weighted by atomic mass is 28.3. The zero-order valence-electron chi connectivity index (χ0n) is 11.9. The van der Waals surface area contributed by atoms with E-state index >= 15 is 0 Å². The Hall–Kier alpha value is -1.87. The summed E-state index contributed by atoms with van der Waals surface area (Å²) in [6.45, 7) is 9.96. The minimum Gasteiger partial charge on any atom is -0.470 e. The van der Waals surface area contributed by atoms with Gasteiger partial charge in [-0.2, -0.15) is 4.98 Å². The van der Waals surface area contributed by atoms with Gasteiger partial charge in [0.15, 0.2) is 0 Å². The van der Waals surface area contributed by atoms with Crippen LogP contribution in [0, 0.1) is 21.6 Å². The lowest BCUT2D eigenvalue weighted by Gasteiger charge is -2.09. The van der Waals surface area contributed by atoms with Crippen molar-refractivity contribution < 1.29 is 9.66 Å². The highest BCUT2D eigenvalue weighted by molar-refractivity contribution is 6.83. The molecule has 0 atom stereocenters. The molecule has 5 nitrogen and oxygen atoms in total. The molecule has 0 aromatic carbocycles. The molecule has 0 saturated carbocycles. The Bertz CT molecular complexity index is 539. The molecule has 0 unspecified atom stereocenters. The lowest BCUT2D eigenvalue weighted by Crippen LogP contribution is -2.16.